The van der Waals surface area contributed by atoms with Crippen LogP contribution in [0.3, 0.4) is 0 Å². The average Bonchev–Trinajstić information content (AvgIpc) is 2.19. The molecule has 0 amide bonds. The van der Waals surface area contributed by atoms with Gasteiger partial charge in [0, 0.05) is 0 Å². The first-order valence-corrected chi connectivity index (χ1v) is 11.1. The van der Waals surface area contributed by atoms with Gasteiger partial charge in [0.05, 0.1) is 0 Å². The van der Waals surface area contributed by atoms with Gasteiger partial charge >= 0.3 is 7.82 Å². The summed E-state index contributed by atoms with van der Waals surface area (Å²) >= 11 is 0. The first-order valence-electron chi connectivity index (χ1n) is 6.74. The Morgan fingerprint density at radius 2 is 1.67 bits per heavy atom. The Balaban J connectivity index is 4.17. The van der Waals surface area contributed by atoms with Crippen molar-refractivity contribution >= 4 is 16.3 Å². The highest BCUT2D eigenvalue weighted by atomic mass is 31.2. The molecule has 0 fully saturated rings. The van der Waals surface area contributed by atoms with Gasteiger partial charge in [-0.1, -0.05) is 39.5 Å². The lowest BCUT2D eigenvalue weighted by atomic mass is 10.1. The Bertz CT molecular complexity index is 270. The Morgan fingerprint density at radius 3 is 2.11 bits per heavy atom. The van der Waals surface area contributed by atoms with Crippen LogP contribution in [0.2, 0.25) is 13.1 Å². The van der Waals surface area contributed by atoms with Crippen molar-refractivity contribution in [2.75, 3.05) is 13.1 Å². The summed E-state index contributed by atoms with van der Waals surface area (Å²) in [6.45, 7) is 9.49. The van der Waals surface area contributed by atoms with E-state index in [4.69, 9.17) is 14.0 Å². The van der Waals surface area contributed by atoms with E-state index < -0.39 is 16.3 Å². The maximum absolute atomic E-state index is 11.0. The molecule has 0 saturated carbocycles. The second-order valence-electron chi connectivity index (χ2n) is 5.02. The highest BCUT2D eigenvalue weighted by molar-refractivity contribution is 7.48. The number of nitrogens with zero attached hydrogens (tertiary/aromatic N) is 1. The van der Waals surface area contributed by atoms with Crippen molar-refractivity contribution in [1.82, 2.24) is 4.57 Å². The molecule has 0 unspecified atom stereocenters. The molecule has 0 heterocycles. The summed E-state index contributed by atoms with van der Waals surface area (Å²) in [7, 11) is -6.85. The van der Waals surface area contributed by atoms with Crippen LogP contribution in [-0.4, -0.2) is 35.9 Å². The summed E-state index contributed by atoms with van der Waals surface area (Å²) in [5.74, 6) is 0. The van der Waals surface area contributed by atoms with Crippen LogP contribution in [-0.2, 0) is 8.78 Å². The summed E-state index contributed by atoms with van der Waals surface area (Å²) in [4.78, 5) is 17.9. The van der Waals surface area contributed by atoms with Crippen LogP contribution in [0.15, 0.2) is 0 Å². The van der Waals surface area contributed by atoms with Crippen molar-refractivity contribution in [2.45, 2.75) is 59.0 Å². The van der Waals surface area contributed by atoms with Gasteiger partial charge in [0.15, 0.2) is 0 Å². The molecule has 2 N–H and O–H groups in total. The van der Waals surface area contributed by atoms with Crippen molar-refractivity contribution in [3.8, 4) is 0 Å². The smallest absolute Gasteiger partial charge is 0.315 e. The van der Waals surface area contributed by atoms with E-state index in [9.17, 15) is 4.57 Å². The van der Waals surface area contributed by atoms with Crippen LogP contribution >= 0.6 is 7.82 Å². The minimum atomic E-state index is -4.38. The summed E-state index contributed by atoms with van der Waals surface area (Å²) in [5.41, 5.74) is 0. The molecule has 7 heteroatoms. The molecular weight excluding hydrogens is 269 g/mol. The maximum atomic E-state index is 11.0. The van der Waals surface area contributed by atoms with E-state index in [1.165, 1.54) is 25.7 Å². The van der Waals surface area contributed by atoms with Gasteiger partial charge in [-0.15, -0.1) is 0 Å². The molecule has 0 aliphatic rings. The summed E-state index contributed by atoms with van der Waals surface area (Å²) < 4.78 is 18.0. The van der Waals surface area contributed by atoms with Crippen molar-refractivity contribution in [3.05, 3.63) is 0 Å². The second-order valence-corrected chi connectivity index (χ2v) is 10.3. The Kier molecular flexibility index (Phi) is 8.59. The van der Waals surface area contributed by atoms with Crippen LogP contribution in [0.25, 0.3) is 0 Å². The number of unbranched alkanes of at least 4 members (excludes halogenated alkanes) is 4. The molecule has 0 atom stereocenters. The van der Waals surface area contributed by atoms with Crippen molar-refractivity contribution in [3.63, 3.8) is 0 Å². The van der Waals surface area contributed by atoms with Crippen LogP contribution < -0.4 is 0 Å². The molecule has 0 bridgehead atoms. The van der Waals surface area contributed by atoms with E-state index in [-0.39, 0.29) is 0 Å². The summed E-state index contributed by atoms with van der Waals surface area (Å²) in [6.07, 6.45) is 5.94. The molecule has 0 saturated heterocycles. The number of phosphoric acid groups is 1. The Hall–Kier alpha value is 0.287. The molecular formula is C11H28NO4PSi. The quantitative estimate of drug-likeness (QED) is 0.368. The molecule has 5 nitrogen and oxygen atoms in total. The first kappa shape index (κ1) is 18.3. The molecule has 110 valence electrons. The lowest BCUT2D eigenvalue weighted by molar-refractivity contribution is 0.254. The predicted molar refractivity (Wildman–Crippen MR) is 76.6 cm³/mol. The van der Waals surface area contributed by atoms with Crippen molar-refractivity contribution in [1.29, 1.82) is 0 Å². The fourth-order valence-corrected chi connectivity index (χ4v) is 6.31. The monoisotopic (exact) mass is 297 g/mol. The third-order valence-electron chi connectivity index (χ3n) is 3.02. The van der Waals surface area contributed by atoms with Gasteiger partial charge < -0.3 is 18.6 Å². The third kappa shape index (κ3) is 8.40. The molecule has 0 aromatic rings. The topological polar surface area (TPSA) is 70.0 Å². The zero-order valence-corrected chi connectivity index (χ0v) is 13.9. The minimum Gasteiger partial charge on any atom is -0.315 e. The molecule has 0 spiro atoms. The lowest BCUT2D eigenvalue weighted by Gasteiger charge is -2.35. The fourth-order valence-electron chi connectivity index (χ4n) is 2.06. The molecule has 18 heavy (non-hydrogen) atoms. The fraction of sp³-hybridized carbons (Fsp3) is 1.00. The van der Waals surface area contributed by atoms with Gasteiger partial charge in [0.2, 0.25) is 0 Å². The molecule has 0 aromatic carbocycles. The van der Waals surface area contributed by atoms with Crippen LogP contribution in [0.1, 0.15) is 46.0 Å². The molecule has 0 radical (unpaired) electrons. The number of rotatable bonds is 10. The van der Waals surface area contributed by atoms with Gasteiger partial charge in [0.1, 0.15) is 0 Å². The maximum Gasteiger partial charge on any atom is 0.460 e. The van der Waals surface area contributed by atoms with Gasteiger partial charge in [-0.3, -0.25) is 0 Å². The van der Waals surface area contributed by atoms with Gasteiger partial charge in [0.25, 0.3) is 8.48 Å². The van der Waals surface area contributed by atoms with Crippen LogP contribution in [0.4, 0.5) is 0 Å². The number of hydrogen-bond donors (Lipinski definition) is 2. The largest absolute Gasteiger partial charge is 0.460 e. The van der Waals surface area contributed by atoms with Gasteiger partial charge in [-0.2, -0.15) is 0 Å². The lowest BCUT2D eigenvalue weighted by Crippen LogP contribution is -2.50. The summed E-state index contributed by atoms with van der Waals surface area (Å²) in [6, 6.07) is 0. The van der Waals surface area contributed by atoms with Gasteiger partial charge in [-0.25, -0.2) is 4.57 Å². The molecule has 0 rings (SSSR count). The molecule has 0 aliphatic carbocycles. The Labute approximate surface area is 112 Å². The van der Waals surface area contributed by atoms with Crippen molar-refractivity contribution < 1.29 is 18.6 Å². The summed E-state index contributed by atoms with van der Waals surface area (Å²) in [5, 5.41) is 0. The highest BCUT2D eigenvalue weighted by Gasteiger charge is 2.36. The van der Waals surface area contributed by atoms with Crippen molar-refractivity contribution in [2.24, 2.45) is 0 Å². The zero-order valence-electron chi connectivity index (χ0n) is 12.1. The van der Waals surface area contributed by atoms with E-state index in [2.05, 4.69) is 11.5 Å². The first-order chi connectivity index (χ1) is 8.23. The van der Waals surface area contributed by atoms with Crippen LogP contribution in [0.5, 0.6) is 0 Å². The highest BCUT2D eigenvalue weighted by Crippen LogP contribution is 2.40. The van der Waals surface area contributed by atoms with E-state index in [0.717, 1.165) is 19.5 Å². The van der Waals surface area contributed by atoms with Crippen LogP contribution in [0, 0.1) is 0 Å². The molecule has 0 aliphatic heterocycles. The predicted octanol–water partition coefficient (Wildman–Crippen LogP) is 3.09. The average molecular weight is 297 g/mol. The standard InChI is InChI=1S/C11H28NO4PSi/c1-5-7-8-9-10-11-12(6-2)18(3,4)16-17(13,14)15/h5-11H2,1-4H3,(H2,13,14,15). The van der Waals surface area contributed by atoms with Gasteiger partial charge in [-0.05, 0) is 32.6 Å². The molecule has 0 aromatic heterocycles. The van der Waals surface area contributed by atoms with E-state index in [0.29, 0.717) is 0 Å². The number of hydrogen-bond acceptors (Lipinski definition) is 3. The van der Waals surface area contributed by atoms with E-state index in [1.807, 2.05) is 20.0 Å². The van der Waals surface area contributed by atoms with E-state index >= 15 is 0 Å². The van der Waals surface area contributed by atoms with E-state index in [1.54, 1.807) is 0 Å². The minimum absolute atomic E-state index is 0.771. The Morgan fingerprint density at radius 1 is 1.11 bits per heavy atom. The SMILES string of the molecule is CCCCCCCN(CC)[Si](C)(C)OP(=O)(O)O. The normalized spacial score (nSPS) is 13.3. The zero-order chi connectivity index (χ0) is 14.2. The third-order valence-corrected chi connectivity index (χ3v) is 7.82. The second kappa shape index (κ2) is 8.46.